The highest BCUT2D eigenvalue weighted by Crippen LogP contribution is 2.66. The van der Waals surface area contributed by atoms with Crippen molar-refractivity contribution in [3.8, 4) is 21.8 Å². The Kier molecular flexibility index (Phi) is 6.28. The third-order valence-electron chi connectivity index (χ3n) is 9.58. The smallest absolute Gasteiger partial charge is 0.380 e. The van der Waals surface area contributed by atoms with E-state index >= 15 is 26.3 Å². The van der Waals surface area contributed by atoms with Gasteiger partial charge in [-0.1, -0.05) is 30.3 Å². The van der Waals surface area contributed by atoms with E-state index in [1.165, 1.54) is 38.1 Å². The van der Waals surface area contributed by atoms with Crippen LogP contribution in [0.15, 0.2) is 95.7 Å². The van der Waals surface area contributed by atoms with Crippen LogP contribution in [0.1, 0.15) is 21.8 Å². The Bertz CT molecular complexity index is 2650. The number of hydrogen-bond donors (Lipinski definition) is 1. The molecule has 0 spiro atoms. The molecular formula is C38H25F6N4OS+3. The maximum absolute atomic E-state index is 15.7. The van der Waals surface area contributed by atoms with Gasteiger partial charge in [-0.25, -0.2) is 19.9 Å². The summed E-state index contributed by atoms with van der Waals surface area (Å²) in [6, 6.07) is 22.4. The first kappa shape index (κ1) is 30.6. The van der Waals surface area contributed by atoms with Crippen LogP contribution in [0.3, 0.4) is 0 Å². The molecule has 5 heterocycles. The molecule has 0 saturated carbocycles. The molecule has 0 amide bonds. The molecule has 0 atom stereocenters. The highest BCUT2D eigenvalue weighted by atomic mass is 32.1. The minimum absolute atomic E-state index is 0.0559. The van der Waals surface area contributed by atoms with E-state index in [2.05, 4.69) is 19.9 Å². The molecule has 12 heteroatoms. The Labute approximate surface area is 282 Å². The molecule has 9 rings (SSSR count). The summed E-state index contributed by atoms with van der Waals surface area (Å²) >= 11 is 1.07. The van der Waals surface area contributed by atoms with E-state index in [0.717, 1.165) is 55.6 Å². The van der Waals surface area contributed by atoms with Crippen molar-refractivity contribution >= 4 is 66.3 Å². The second-order valence-electron chi connectivity index (χ2n) is 12.5. The van der Waals surface area contributed by atoms with Crippen LogP contribution < -0.4 is 15.0 Å². The summed E-state index contributed by atoms with van der Waals surface area (Å²) in [5.74, 6) is -15.4. The Balaban J connectivity index is 1.16. The Morgan fingerprint density at radius 2 is 1.30 bits per heavy atom. The van der Waals surface area contributed by atoms with Crippen molar-refractivity contribution in [3.05, 3.63) is 113 Å². The Morgan fingerprint density at radius 3 is 2.04 bits per heavy atom. The minimum Gasteiger partial charge on any atom is -0.461 e. The van der Waals surface area contributed by atoms with Gasteiger partial charge in [0.05, 0.1) is 5.56 Å². The van der Waals surface area contributed by atoms with Crippen LogP contribution in [0, 0.1) is 13.8 Å². The van der Waals surface area contributed by atoms with Crippen molar-refractivity contribution in [2.45, 2.75) is 31.6 Å². The van der Waals surface area contributed by atoms with Gasteiger partial charge in [-0.05, 0) is 61.4 Å². The fourth-order valence-electron chi connectivity index (χ4n) is 7.22. The summed E-state index contributed by atoms with van der Waals surface area (Å²) in [7, 11) is 0. The molecule has 0 radical (unpaired) electrons. The maximum atomic E-state index is 15.7. The average Bonchev–Trinajstić information content (AvgIpc) is 3.83. The number of aromatic amines is 4. The van der Waals surface area contributed by atoms with Crippen molar-refractivity contribution in [2.75, 3.05) is 0 Å². The van der Waals surface area contributed by atoms with Gasteiger partial charge in [0.15, 0.2) is 23.4 Å². The minimum atomic E-state index is -5.67. The van der Waals surface area contributed by atoms with Crippen LogP contribution in [0.4, 0.5) is 26.3 Å². The van der Waals surface area contributed by atoms with E-state index in [0.29, 0.717) is 10.4 Å². The molecule has 0 bridgehead atoms. The molecule has 0 aliphatic heterocycles. The molecule has 0 unspecified atom stereocenters. The van der Waals surface area contributed by atoms with Crippen LogP contribution in [0.25, 0.3) is 76.8 Å². The van der Waals surface area contributed by atoms with E-state index in [1.807, 2.05) is 48.8 Å². The molecule has 3 aromatic carbocycles. The van der Waals surface area contributed by atoms with Gasteiger partial charge in [0.25, 0.3) is 16.9 Å². The molecule has 4 N–H and O–H groups in total. The van der Waals surface area contributed by atoms with Gasteiger partial charge in [-0.2, -0.15) is 26.3 Å². The van der Waals surface area contributed by atoms with Crippen LogP contribution in [-0.2, 0) is 0 Å². The number of para-hydroxylation sites is 1. The second kappa shape index (κ2) is 10.3. The average molecular weight is 700 g/mol. The molecule has 1 aliphatic carbocycles. The number of imidazole rings is 1. The Morgan fingerprint density at radius 1 is 0.680 bits per heavy atom. The van der Waals surface area contributed by atoms with Crippen LogP contribution in [-0.4, -0.2) is 22.8 Å². The molecule has 0 fully saturated rings. The number of benzene rings is 3. The highest BCUT2D eigenvalue weighted by molar-refractivity contribution is 7.15. The number of thiophene rings is 1. The SMILES string of the molecule is Cc1oc2ccccc2c1C1=C(c2cc(-c3ccc(-c4[nH]c5c6ccc[nH+]c6c6[nH+]cccc6c5[nH+]4)cc3)sc2C)C(F)(F)C(F)(F)C1(F)F. The predicted molar refractivity (Wildman–Crippen MR) is 179 cm³/mol. The summed E-state index contributed by atoms with van der Waals surface area (Å²) in [5, 5.41) is 2.01. The van der Waals surface area contributed by atoms with Crippen LogP contribution in [0.5, 0.6) is 0 Å². The molecule has 8 aromatic rings. The van der Waals surface area contributed by atoms with Crippen LogP contribution >= 0.6 is 11.3 Å². The molecule has 5 nitrogen and oxygen atoms in total. The number of furan rings is 1. The maximum Gasteiger partial charge on any atom is 0.380 e. The summed E-state index contributed by atoms with van der Waals surface area (Å²) < 4.78 is 98.7. The molecular weight excluding hydrogens is 675 g/mol. The van der Waals surface area contributed by atoms with Gasteiger partial charge in [-0.15, -0.1) is 11.3 Å². The van der Waals surface area contributed by atoms with Gasteiger partial charge < -0.3 is 4.42 Å². The highest BCUT2D eigenvalue weighted by Gasteiger charge is 2.80. The van der Waals surface area contributed by atoms with Crippen molar-refractivity contribution in [2.24, 2.45) is 0 Å². The van der Waals surface area contributed by atoms with Crippen molar-refractivity contribution in [1.29, 1.82) is 0 Å². The molecule has 5 aromatic heterocycles. The van der Waals surface area contributed by atoms with E-state index in [-0.39, 0.29) is 27.2 Å². The molecule has 1 aliphatic rings. The van der Waals surface area contributed by atoms with E-state index in [4.69, 9.17) is 4.42 Å². The monoisotopic (exact) mass is 699 g/mol. The topological polar surface area (TPSA) is 71.3 Å². The number of allylic oxidation sites excluding steroid dienone is 2. The zero-order valence-corrected chi connectivity index (χ0v) is 27.1. The van der Waals surface area contributed by atoms with Gasteiger partial charge in [0.1, 0.15) is 22.1 Å². The van der Waals surface area contributed by atoms with Gasteiger partial charge in [0.2, 0.25) is 0 Å². The number of halogens is 6. The number of aryl methyl sites for hydroxylation is 2. The number of nitrogens with one attached hydrogen (secondary N) is 4. The lowest BCUT2D eigenvalue weighted by Gasteiger charge is -2.25. The zero-order chi connectivity index (χ0) is 34.7. The number of H-pyrrole nitrogens is 4. The number of fused-ring (bicyclic) bond motifs is 7. The molecule has 248 valence electrons. The predicted octanol–water partition coefficient (Wildman–Crippen LogP) is 9.51. The van der Waals surface area contributed by atoms with Gasteiger partial charge >= 0.3 is 17.8 Å². The lowest BCUT2D eigenvalue weighted by Crippen LogP contribution is -2.48. The van der Waals surface area contributed by atoms with E-state index in [1.54, 1.807) is 18.2 Å². The number of rotatable bonds is 4. The van der Waals surface area contributed by atoms with Crippen molar-refractivity contribution < 1.29 is 45.7 Å². The summed E-state index contributed by atoms with van der Waals surface area (Å²) in [4.78, 5) is 14.3. The van der Waals surface area contributed by atoms with Crippen molar-refractivity contribution in [3.63, 3.8) is 0 Å². The lowest BCUT2D eigenvalue weighted by molar-refractivity contribution is -0.368. The normalized spacial score (nSPS) is 16.8. The molecule has 0 saturated heterocycles. The first-order valence-electron chi connectivity index (χ1n) is 15.7. The Hall–Kier alpha value is -5.49. The van der Waals surface area contributed by atoms with Gasteiger partial charge in [0, 0.05) is 44.0 Å². The fraction of sp³-hybridized carbons (Fsp3) is 0.132. The summed E-state index contributed by atoms with van der Waals surface area (Å²) in [5.41, 5.74) is 1.62. The number of alkyl halides is 6. The summed E-state index contributed by atoms with van der Waals surface area (Å²) in [6.45, 7) is 2.78. The third kappa shape index (κ3) is 3.99. The van der Waals surface area contributed by atoms with Crippen LogP contribution in [0.2, 0.25) is 0 Å². The first-order valence-corrected chi connectivity index (χ1v) is 16.5. The summed E-state index contributed by atoms with van der Waals surface area (Å²) in [6.07, 6.45) is 3.72. The van der Waals surface area contributed by atoms with E-state index < -0.39 is 34.5 Å². The zero-order valence-electron chi connectivity index (χ0n) is 26.2. The fourth-order valence-corrected chi connectivity index (χ4v) is 8.25. The largest absolute Gasteiger partial charge is 0.461 e. The number of hydrogen-bond acceptors (Lipinski definition) is 2. The van der Waals surface area contributed by atoms with Crippen molar-refractivity contribution in [1.82, 2.24) is 4.98 Å². The number of aromatic nitrogens is 4. The molecule has 50 heavy (non-hydrogen) atoms. The lowest BCUT2D eigenvalue weighted by atomic mass is 9.93. The van der Waals surface area contributed by atoms with Gasteiger partial charge in [-0.3, -0.25) is 0 Å². The quantitative estimate of drug-likeness (QED) is 0.144. The van der Waals surface area contributed by atoms with E-state index in [9.17, 15) is 0 Å². The third-order valence-corrected chi connectivity index (χ3v) is 10.7. The second-order valence-corrected chi connectivity index (χ2v) is 13.7. The number of pyridine rings is 2. The standard InChI is InChI=1S/C38H22F6N4OS/c1-18-28(22-7-3-4-10-26(22)49-18)30-29(36(39,40)38(43,44)37(30,41)42)25-17-27(50-19(25)2)20-11-13-21(14-12-20)35-47-33-23-8-5-15-45-31(23)32-24(34(33)48-35)9-6-16-46-32/h3-17H,1-2H3,(H,47,48)/p+3. The first-order chi connectivity index (χ1) is 23.9.